The summed E-state index contributed by atoms with van der Waals surface area (Å²) in [6.45, 7) is 1.55. The standard InChI is InChI=1S/C30H30F3N3O5S/c1-2-42(39,40)27-13-5-20(6-14-27)28(19-37)35-29(38)21-3-9-23(10-4-21)36-18-26(17-24(36)15-16-34)41-25-11-7-22(8-12-25)30(31,32)33/h3-14,24,26,28,37H,2,15,17-19H2,1H3,(H,35,38)/t24-,26-,28?/m1/s1. The molecule has 2 N–H and O–H groups in total. The van der Waals surface area contributed by atoms with Crippen molar-refractivity contribution in [2.45, 2.75) is 49.0 Å². The number of ether oxygens (including phenoxy) is 1. The number of carbonyl (C=O) groups excluding carboxylic acids is 1. The molecule has 3 aromatic rings. The third-order valence-corrected chi connectivity index (χ3v) is 8.91. The Hall–Kier alpha value is -4.08. The molecule has 1 unspecified atom stereocenters. The van der Waals surface area contributed by atoms with Crippen molar-refractivity contribution >= 4 is 21.4 Å². The number of carbonyl (C=O) groups is 1. The van der Waals surface area contributed by atoms with Gasteiger partial charge in [0.1, 0.15) is 11.9 Å². The number of alkyl halides is 3. The fourth-order valence-electron chi connectivity index (χ4n) is 4.84. The van der Waals surface area contributed by atoms with E-state index in [1.807, 2.05) is 4.90 Å². The van der Waals surface area contributed by atoms with E-state index in [-0.39, 0.29) is 29.2 Å². The monoisotopic (exact) mass is 601 g/mol. The van der Waals surface area contributed by atoms with Gasteiger partial charge in [0.2, 0.25) is 0 Å². The molecule has 1 amide bonds. The predicted octanol–water partition coefficient (Wildman–Crippen LogP) is 4.90. The molecule has 3 aromatic carbocycles. The number of nitrogens with one attached hydrogen (secondary N) is 1. The SMILES string of the molecule is CCS(=O)(=O)c1ccc(C(CO)NC(=O)c2ccc(N3C[C@H](Oc4ccc(C(F)(F)F)cc4)C[C@H]3CC#N)cc2)cc1. The number of halogens is 3. The molecule has 0 radical (unpaired) electrons. The topological polar surface area (TPSA) is 120 Å². The zero-order chi connectivity index (χ0) is 30.5. The van der Waals surface area contributed by atoms with Crippen LogP contribution in [0.5, 0.6) is 5.75 Å². The van der Waals surface area contributed by atoms with Gasteiger partial charge in [0.25, 0.3) is 5.91 Å². The summed E-state index contributed by atoms with van der Waals surface area (Å²) in [6.07, 6.45) is -4.08. The third kappa shape index (κ3) is 7.21. The highest BCUT2D eigenvalue weighted by atomic mass is 32.2. The first-order valence-corrected chi connectivity index (χ1v) is 14.9. The largest absolute Gasteiger partial charge is 0.489 e. The van der Waals surface area contributed by atoms with Gasteiger partial charge in [0.15, 0.2) is 9.84 Å². The molecule has 42 heavy (non-hydrogen) atoms. The molecule has 1 aliphatic heterocycles. The van der Waals surface area contributed by atoms with Crippen molar-refractivity contribution in [1.82, 2.24) is 5.32 Å². The van der Waals surface area contributed by atoms with Crippen LogP contribution >= 0.6 is 0 Å². The molecule has 1 fully saturated rings. The van der Waals surface area contributed by atoms with E-state index in [4.69, 9.17) is 4.74 Å². The van der Waals surface area contributed by atoms with Crippen LogP contribution in [-0.4, -0.2) is 50.5 Å². The van der Waals surface area contributed by atoms with Gasteiger partial charge in [-0.05, 0) is 66.2 Å². The lowest BCUT2D eigenvalue weighted by Crippen LogP contribution is -2.31. The average Bonchev–Trinajstić information content (AvgIpc) is 3.37. The molecule has 4 rings (SSSR count). The Kier molecular flexibility index (Phi) is 9.43. The van der Waals surface area contributed by atoms with Crippen LogP contribution in [0.1, 0.15) is 47.3 Å². The van der Waals surface area contributed by atoms with E-state index in [1.165, 1.54) is 24.3 Å². The maximum atomic E-state index is 12.9. The number of amides is 1. The normalized spacial score (nSPS) is 17.9. The van der Waals surface area contributed by atoms with Crippen LogP contribution in [0, 0.1) is 11.3 Å². The molecule has 1 aliphatic rings. The Labute approximate surface area is 242 Å². The Bertz CT molecular complexity index is 1520. The van der Waals surface area contributed by atoms with Gasteiger partial charge in [-0.15, -0.1) is 0 Å². The highest BCUT2D eigenvalue weighted by Crippen LogP contribution is 2.33. The molecular weight excluding hydrogens is 571 g/mol. The lowest BCUT2D eigenvalue weighted by atomic mass is 10.1. The lowest BCUT2D eigenvalue weighted by molar-refractivity contribution is -0.137. The van der Waals surface area contributed by atoms with Gasteiger partial charge in [0.05, 0.1) is 47.9 Å². The Morgan fingerprint density at radius 1 is 1.10 bits per heavy atom. The smallest absolute Gasteiger partial charge is 0.416 e. The summed E-state index contributed by atoms with van der Waals surface area (Å²) in [5.74, 6) is -0.175. The van der Waals surface area contributed by atoms with Crippen LogP contribution in [0.4, 0.5) is 18.9 Å². The van der Waals surface area contributed by atoms with Crippen molar-refractivity contribution in [1.29, 1.82) is 5.26 Å². The minimum atomic E-state index is -4.44. The molecule has 3 atom stereocenters. The molecule has 8 nitrogen and oxygen atoms in total. The predicted molar refractivity (Wildman–Crippen MR) is 150 cm³/mol. The number of sulfone groups is 1. The van der Waals surface area contributed by atoms with E-state index in [0.717, 1.165) is 17.8 Å². The minimum Gasteiger partial charge on any atom is -0.489 e. The van der Waals surface area contributed by atoms with Gasteiger partial charge in [-0.2, -0.15) is 18.4 Å². The van der Waals surface area contributed by atoms with Crippen molar-refractivity contribution in [3.8, 4) is 11.8 Å². The molecule has 0 spiro atoms. The van der Waals surface area contributed by atoms with Crippen LogP contribution in [0.3, 0.4) is 0 Å². The van der Waals surface area contributed by atoms with Gasteiger partial charge >= 0.3 is 6.18 Å². The van der Waals surface area contributed by atoms with Crippen LogP contribution in [0.25, 0.3) is 0 Å². The van der Waals surface area contributed by atoms with Crippen molar-refractivity contribution in [3.05, 3.63) is 89.5 Å². The van der Waals surface area contributed by atoms with Gasteiger partial charge < -0.3 is 20.1 Å². The molecule has 0 aliphatic carbocycles. The van der Waals surface area contributed by atoms with Crippen LogP contribution in [0.2, 0.25) is 0 Å². The first kappa shape index (κ1) is 30.9. The van der Waals surface area contributed by atoms with Crippen molar-refractivity contribution in [3.63, 3.8) is 0 Å². The first-order valence-electron chi connectivity index (χ1n) is 13.3. The maximum absolute atomic E-state index is 12.9. The van der Waals surface area contributed by atoms with Gasteiger partial charge in [-0.25, -0.2) is 8.42 Å². The summed E-state index contributed by atoms with van der Waals surface area (Å²) in [5.41, 5.74) is 0.862. The molecule has 222 valence electrons. The van der Waals surface area contributed by atoms with Gasteiger partial charge in [0, 0.05) is 23.7 Å². The van der Waals surface area contributed by atoms with E-state index >= 15 is 0 Å². The summed E-state index contributed by atoms with van der Waals surface area (Å²) in [4.78, 5) is 15.1. The van der Waals surface area contributed by atoms with Crippen molar-refractivity contribution < 1.29 is 36.2 Å². The number of nitriles is 1. The van der Waals surface area contributed by atoms with Crippen LogP contribution < -0.4 is 15.0 Å². The number of hydrogen-bond donors (Lipinski definition) is 2. The minimum absolute atomic E-state index is 0.0377. The summed E-state index contributed by atoms with van der Waals surface area (Å²) >= 11 is 0. The van der Waals surface area contributed by atoms with E-state index in [0.29, 0.717) is 29.8 Å². The molecular formula is C30H30F3N3O5S. The number of benzene rings is 3. The van der Waals surface area contributed by atoms with E-state index in [1.54, 1.807) is 43.3 Å². The van der Waals surface area contributed by atoms with Crippen LogP contribution in [0.15, 0.2) is 77.7 Å². The first-order chi connectivity index (χ1) is 19.9. The third-order valence-electron chi connectivity index (χ3n) is 7.16. The fourth-order valence-corrected chi connectivity index (χ4v) is 5.73. The fraction of sp³-hybridized carbons (Fsp3) is 0.333. The maximum Gasteiger partial charge on any atom is 0.416 e. The molecule has 1 heterocycles. The Morgan fingerprint density at radius 2 is 1.74 bits per heavy atom. The number of hydrogen-bond acceptors (Lipinski definition) is 7. The molecule has 1 saturated heterocycles. The average molecular weight is 602 g/mol. The zero-order valence-corrected chi connectivity index (χ0v) is 23.5. The van der Waals surface area contributed by atoms with E-state index in [9.17, 15) is 36.8 Å². The van der Waals surface area contributed by atoms with Crippen molar-refractivity contribution in [2.75, 3.05) is 23.8 Å². The molecule has 12 heteroatoms. The molecule has 0 bridgehead atoms. The highest BCUT2D eigenvalue weighted by molar-refractivity contribution is 7.91. The van der Waals surface area contributed by atoms with Crippen LogP contribution in [-0.2, 0) is 16.0 Å². The summed E-state index contributed by atoms with van der Waals surface area (Å²) in [7, 11) is -3.38. The zero-order valence-electron chi connectivity index (χ0n) is 22.7. The number of anilines is 1. The Morgan fingerprint density at radius 3 is 2.29 bits per heavy atom. The highest BCUT2D eigenvalue weighted by Gasteiger charge is 2.34. The summed E-state index contributed by atoms with van der Waals surface area (Å²) < 4.78 is 68.6. The summed E-state index contributed by atoms with van der Waals surface area (Å²) in [5, 5.41) is 22.0. The lowest BCUT2D eigenvalue weighted by Gasteiger charge is -2.25. The second-order valence-corrected chi connectivity index (χ2v) is 12.2. The Balaban J connectivity index is 1.42. The van der Waals surface area contributed by atoms with Gasteiger partial charge in [-0.1, -0.05) is 19.1 Å². The second-order valence-electron chi connectivity index (χ2n) is 9.89. The molecule has 0 aromatic heterocycles. The second kappa shape index (κ2) is 12.8. The number of rotatable bonds is 10. The quantitative estimate of drug-likeness (QED) is 0.339. The number of aliphatic hydroxyl groups is 1. The van der Waals surface area contributed by atoms with Gasteiger partial charge in [-0.3, -0.25) is 4.79 Å². The molecule has 0 saturated carbocycles. The summed E-state index contributed by atoms with van der Waals surface area (Å²) in [6, 6.07) is 18.4. The number of nitrogens with zero attached hydrogens (tertiary/aromatic N) is 2. The van der Waals surface area contributed by atoms with E-state index < -0.39 is 40.1 Å². The van der Waals surface area contributed by atoms with E-state index in [2.05, 4.69) is 11.4 Å². The number of aliphatic hydroxyl groups excluding tert-OH is 1. The van der Waals surface area contributed by atoms with Crippen molar-refractivity contribution in [2.24, 2.45) is 0 Å².